The second kappa shape index (κ2) is 13.9. The Morgan fingerprint density at radius 2 is 1.50 bits per heavy atom. The smallest absolute Gasteiger partial charge is 0.302 e. The maximum absolute atomic E-state index is 11.5. The minimum atomic E-state index is -1.20. The van der Waals surface area contributed by atoms with Crippen molar-refractivity contribution in [2.24, 2.45) is 0 Å². The summed E-state index contributed by atoms with van der Waals surface area (Å²) in [5, 5.41) is 11.6. The van der Waals surface area contributed by atoms with Crippen LogP contribution in [0.2, 0.25) is 0 Å². The largest absolute Gasteiger partial charge is 0.463 e. The van der Waals surface area contributed by atoms with Crippen LogP contribution in [0, 0.1) is 0 Å². The van der Waals surface area contributed by atoms with Crippen LogP contribution in [0.1, 0.15) is 34.6 Å². The molecule has 0 aromatic carbocycles. The average molecular weight is 407 g/mol. The van der Waals surface area contributed by atoms with Crippen LogP contribution in [-0.4, -0.2) is 79.9 Å². The number of hydrogen-bond acceptors (Lipinski definition) is 10. The van der Waals surface area contributed by atoms with Gasteiger partial charge in [-0.1, -0.05) is 0 Å². The molecule has 0 rings (SSSR count). The number of aliphatic hydroxyl groups excluding tert-OH is 1. The summed E-state index contributed by atoms with van der Waals surface area (Å²) in [6, 6.07) is -0.933. The van der Waals surface area contributed by atoms with Crippen molar-refractivity contribution < 1.29 is 48.0 Å². The molecule has 0 saturated carbocycles. The molecule has 0 fully saturated rings. The molecule has 11 nitrogen and oxygen atoms in total. The third-order valence-electron chi connectivity index (χ3n) is 3.19. The van der Waals surface area contributed by atoms with Crippen molar-refractivity contribution in [3.8, 4) is 0 Å². The molecule has 11 heteroatoms. The fourth-order valence-corrected chi connectivity index (χ4v) is 2.07. The molecule has 4 atom stereocenters. The Morgan fingerprint density at radius 1 is 0.929 bits per heavy atom. The highest BCUT2D eigenvalue weighted by Crippen LogP contribution is 2.13. The van der Waals surface area contributed by atoms with E-state index in [1.807, 2.05) is 0 Å². The molecule has 1 unspecified atom stereocenters. The highest BCUT2D eigenvalue weighted by Gasteiger charge is 2.32. The Hall–Kier alpha value is -2.24. The van der Waals surface area contributed by atoms with Gasteiger partial charge in [0.1, 0.15) is 31.5 Å². The normalized spacial score (nSPS) is 14.9. The molecule has 2 N–H and O–H groups in total. The van der Waals surface area contributed by atoms with E-state index in [0.29, 0.717) is 0 Å². The molecule has 0 aliphatic carbocycles. The highest BCUT2D eigenvalue weighted by molar-refractivity contribution is 5.73. The lowest BCUT2D eigenvalue weighted by Gasteiger charge is -2.32. The lowest BCUT2D eigenvalue weighted by atomic mass is 10.2. The molecular formula is C17H29NO10. The van der Waals surface area contributed by atoms with Gasteiger partial charge < -0.3 is 34.1 Å². The first-order valence-corrected chi connectivity index (χ1v) is 8.65. The van der Waals surface area contributed by atoms with E-state index in [0.717, 1.165) is 0 Å². The maximum atomic E-state index is 11.5. The molecule has 0 aromatic rings. The average Bonchev–Trinajstić information content (AvgIpc) is 2.56. The number of carbonyl (C=O) groups excluding carboxylic acids is 4. The summed E-state index contributed by atoms with van der Waals surface area (Å²) in [5.74, 6) is -2.17. The first-order valence-electron chi connectivity index (χ1n) is 8.65. The first kappa shape index (κ1) is 25.8. The van der Waals surface area contributed by atoms with Crippen LogP contribution in [0.4, 0.5) is 0 Å². The van der Waals surface area contributed by atoms with E-state index in [1.54, 1.807) is 0 Å². The molecule has 0 spiro atoms. The molecule has 28 heavy (non-hydrogen) atoms. The number of esters is 3. The van der Waals surface area contributed by atoms with Crippen molar-refractivity contribution in [1.29, 1.82) is 0 Å². The number of hydrogen-bond donors (Lipinski definition) is 2. The van der Waals surface area contributed by atoms with Crippen LogP contribution in [0.5, 0.6) is 0 Å². The topological polar surface area (TPSA) is 147 Å². The Bertz CT molecular complexity index is 524. The monoisotopic (exact) mass is 407 g/mol. The molecule has 0 bridgehead atoms. The predicted octanol–water partition coefficient (Wildman–Crippen LogP) is -0.711. The van der Waals surface area contributed by atoms with E-state index < -0.39 is 48.4 Å². The van der Waals surface area contributed by atoms with Crippen molar-refractivity contribution in [1.82, 2.24) is 5.32 Å². The zero-order valence-corrected chi connectivity index (χ0v) is 16.8. The summed E-state index contributed by atoms with van der Waals surface area (Å²) in [4.78, 5) is 45.0. The minimum Gasteiger partial charge on any atom is -0.463 e. The van der Waals surface area contributed by atoms with Crippen molar-refractivity contribution in [3.05, 3.63) is 0 Å². The summed E-state index contributed by atoms with van der Waals surface area (Å²) in [6.07, 6.45) is -2.98. The van der Waals surface area contributed by atoms with Crippen LogP contribution in [0.15, 0.2) is 0 Å². The zero-order chi connectivity index (χ0) is 21.7. The van der Waals surface area contributed by atoms with Gasteiger partial charge in [-0.15, -0.1) is 0 Å². The molecule has 0 heterocycles. The van der Waals surface area contributed by atoms with Gasteiger partial charge in [-0.3, -0.25) is 19.2 Å². The van der Waals surface area contributed by atoms with Crippen molar-refractivity contribution in [2.75, 3.05) is 26.4 Å². The van der Waals surface area contributed by atoms with Crippen molar-refractivity contribution >= 4 is 23.8 Å². The SMILES string of the molecule is CC(=O)N[C@@H](COC(C)=O)[C@H](OCCO)OC(COC(C)=O)[C@H](C)OC(C)=O. The molecule has 0 aliphatic heterocycles. The van der Waals surface area contributed by atoms with Crippen LogP contribution in [-0.2, 0) is 42.9 Å². The predicted molar refractivity (Wildman–Crippen MR) is 93.8 cm³/mol. The number of nitrogens with one attached hydrogen (secondary N) is 1. The van der Waals surface area contributed by atoms with E-state index in [4.69, 9.17) is 28.8 Å². The van der Waals surface area contributed by atoms with Crippen molar-refractivity contribution in [2.45, 2.75) is 59.2 Å². The quantitative estimate of drug-likeness (QED) is 0.228. The first-order chi connectivity index (χ1) is 13.1. The molecule has 162 valence electrons. The molecule has 0 radical (unpaired) electrons. The van der Waals surface area contributed by atoms with Crippen LogP contribution >= 0.6 is 0 Å². The standard InChI is InChI=1S/C17H29NO10/c1-10(27-14(5)23)16(9-26-13(4)22)28-17(24-7-6-19)15(18-11(2)20)8-25-12(3)21/h10,15-17,19H,6-9H2,1-5H3,(H,18,20)/t10-,15-,16?,17+/m0/s1. The van der Waals surface area contributed by atoms with E-state index >= 15 is 0 Å². The number of rotatable bonds is 13. The van der Waals surface area contributed by atoms with Gasteiger partial charge >= 0.3 is 17.9 Å². The van der Waals surface area contributed by atoms with Gasteiger partial charge in [-0.05, 0) is 6.92 Å². The van der Waals surface area contributed by atoms with E-state index in [9.17, 15) is 19.2 Å². The van der Waals surface area contributed by atoms with E-state index in [2.05, 4.69) is 5.32 Å². The Labute approximate surface area is 163 Å². The lowest BCUT2D eigenvalue weighted by Crippen LogP contribution is -2.51. The molecule has 0 aromatic heterocycles. The van der Waals surface area contributed by atoms with Gasteiger partial charge in [0, 0.05) is 27.7 Å². The number of ether oxygens (including phenoxy) is 5. The second-order valence-electron chi connectivity index (χ2n) is 5.86. The van der Waals surface area contributed by atoms with Gasteiger partial charge in [0.25, 0.3) is 0 Å². The number of carbonyl (C=O) groups is 4. The summed E-state index contributed by atoms with van der Waals surface area (Å²) in [5.41, 5.74) is 0. The van der Waals surface area contributed by atoms with E-state index in [1.165, 1.54) is 34.6 Å². The van der Waals surface area contributed by atoms with Crippen LogP contribution in [0.3, 0.4) is 0 Å². The Balaban J connectivity index is 5.45. The minimum absolute atomic E-state index is 0.150. The third kappa shape index (κ3) is 12.2. The third-order valence-corrected chi connectivity index (χ3v) is 3.19. The summed E-state index contributed by atoms with van der Waals surface area (Å²) >= 11 is 0. The fourth-order valence-electron chi connectivity index (χ4n) is 2.07. The highest BCUT2D eigenvalue weighted by atomic mass is 16.7. The number of aliphatic hydroxyl groups is 1. The van der Waals surface area contributed by atoms with Gasteiger partial charge in [-0.2, -0.15) is 0 Å². The van der Waals surface area contributed by atoms with Crippen LogP contribution < -0.4 is 5.32 Å². The summed E-state index contributed by atoms with van der Waals surface area (Å²) in [7, 11) is 0. The molecule has 0 aliphatic rings. The van der Waals surface area contributed by atoms with E-state index in [-0.39, 0.29) is 26.4 Å². The summed E-state index contributed by atoms with van der Waals surface area (Å²) in [6.45, 7) is 5.36. The Kier molecular flexibility index (Phi) is 12.7. The van der Waals surface area contributed by atoms with Gasteiger partial charge in [0.05, 0.1) is 13.2 Å². The molecular weight excluding hydrogens is 378 g/mol. The molecule has 0 saturated heterocycles. The van der Waals surface area contributed by atoms with Gasteiger partial charge in [-0.25, -0.2) is 0 Å². The lowest BCUT2D eigenvalue weighted by molar-refractivity contribution is -0.225. The zero-order valence-electron chi connectivity index (χ0n) is 16.8. The fraction of sp³-hybridized carbons (Fsp3) is 0.765. The maximum Gasteiger partial charge on any atom is 0.302 e. The van der Waals surface area contributed by atoms with Gasteiger partial charge in [0.2, 0.25) is 5.91 Å². The Morgan fingerprint density at radius 3 is 1.96 bits per heavy atom. The molecule has 1 amide bonds. The second-order valence-corrected chi connectivity index (χ2v) is 5.86. The summed E-state index contributed by atoms with van der Waals surface area (Å²) < 4.78 is 26.1. The van der Waals surface area contributed by atoms with Gasteiger partial charge in [0.15, 0.2) is 6.29 Å². The van der Waals surface area contributed by atoms with Crippen molar-refractivity contribution in [3.63, 3.8) is 0 Å². The number of amides is 1. The van der Waals surface area contributed by atoms with Crippen LogP contribution in [0.25, 0.3) is 0 Å².